The summed E-state index contributed by atoms with van der Waals surface area (Å²) in [5, 5.41) is 4.27. The van der Waals surface area contributed by atoms with E-state index in [9.17, 15) is 13.2 Å². The maximum Gasteiger partial charge on any atom is 0.224 e. The fraction of sp³-hybridized carbons (Fsp3) is 0.417. The summed E-state index contributed by atoms with van der Waals surface area (Å²) in [6, 6.07) is 5.47. The Labute approximate surface area is 126 Å². The van der Waals surface area contributed by atoms with Crippen LogP contribution >= 0.6 is 15.9 Å². The second kappa shape index (κ2) is 5.71. The van der Waals surface area contributed by atoms with E-state index in [0.717, 1.165) is 10.0 Å². The Kier molecular flexibility index (Phi) is 4.36. The van der Waals surface area contributed by atoms with Gasteiger partial charge in [-0.2, -0.15) is 0 Å². The first-order valence-corrected chi connectivity index (χ1v) is 8.33. The first kappa shape index (κ1) is 15.3. The second-order valence-electron chi connectivity index (χ2n) is 4.65. The molecular weight excluding hydrogens is 348 g/mol. The van der Waals surface area contributed by atoms with Crippen molar-refractivity contribution in [2.75, 3.05) is 13.7 Å². The Bertz CT molecular complexity index is 632. The quantitative estimate of drug-likeness (QED) is 0.859. The van der Waals surface area contributed by atoms with E-state index in [1.165, 1.54) is 4.90 Å². The highest BCUT2D eigenvalue weighted by molar-refractivity contribution is 9.10. The number of benzene rings is 1. The van der Waals surface area contributed by atoms with E-state index in [1.807, 2.05) is 12.1 Å². The molecule has 1 saturated heterocycles. The topological polar surface area (TPSA) is 89.7 Å². The van der Waals surface area contributed by atoms with E-state index in [4.69, 9.17) is 9.88 Å². The number of halogens is 1. The number of carbonyl (C=O) groups is 1. The number of carbonyl (C=O) groups excluding carboxylic acids is 1. The van der Waals surface area contributed by atoms with Gasteiger partial charge in [0.1, 0.15) is 11.0 Å². The van der Waals surface area contributed by atoms with Crippen LogP contribution in [0, 0.1) is 0 Å². The first-order valence-electron chi connectivity index (χ1n) is 5.93. The summed E-state index contributed by atoms with van der Waals surface area (Å²) < 4.78 is 28.7. The standard InChI is InChI=1S/C12H15BrN2O4S/c1-19-11-3-2-9(13)4-8(11)6-15-7-10(5-12(15)16)20(14,17)18/h2-4,10H,5-7H2,1H3,(H2,14,17,18). The van der Waals surface area contributed by atoms with Gasteiger partial charge in [-0.05, 0) is 18.2 Å². The highest BCUT2D eigenvalue weighted by Gasteiger charge is 2.36. The summed E-state index contributed by atoms with van der Waals surface area (Å²) in [4.78, 5) is 13.4. The maximum absolute atomic E-state index is 11.9. The molecule has 1 aromatic rings. The minimum atomic E-state index is -3.69. The molecule has 0 saturated carbocycles. The lowest BCUT2D eigenvalue weighted by molar-refractivity contribution is -0.128. The first-order chi connectivity index (χ1) is 9.31. The van der Waals surface area contributed by atoms with Gasteiger partial charge < -0.3 is 9.64 Å². The van der Waals surface area contributed by atoms with Crippen molar-refractivity contribution < 1.29 is 17.9 Å². The number of nitrogens with zero attached hydrogens (tertiary/aromatic N) is 1. The van der Waals surface area contributed by atoms with Crippen molar-refractivity contribution in [1.82, 2.24) is 4.90 Å². The van der Waals surface area contributed by atoms with Crippen LogP contribution in [0.5, 0.6) is 5.75 Å². The van der Waals surface area contributed by atoms with Crippen molar-refractivity contribution in [3.8, 4) is 5.75 Å². The van der Waals surface area contributed by atoms with Gasteiger partial charge in [-0.25, -0.2) is 13.6 Å². The number of primary sulfonamides is 1. The largest absolute Gasteiger partial charge is 0.496 e. The highest BCUT2D eigenvalue weighted by atomic mass is 79.9. The molecule has 1 aliphatic heterocycles. The summed E-state index contributed by atoms with van der Waals surface area (Å²) in [5.41, 5.74) is 0.810. The predicted molar refractivity (Wildman–Crippen MR) is 77.6 cm³/mol. The molecule has 1 atom stereocenters. The lowest BCUT2D eigenvalue weighted by Crippen LogP contribution is -2.32. The number of rotatable bonds is 4. The van der Waals surface area contributed by atoms with Crippen LogP contribution in [0.25, 0.3) is 0 Å². The molecule has 1 aromatic carbocycles. The van der Waals surface area contributed by atoms with Crippen LogP contribution in [0.3, 0.4) is 0 Å². The van der Waals surface area contributed by atoms with E-state index in [-0.39, 0.29) is 18.9 Å². The van der Waals surface area contributed by atoms with Gasteiger partial charge in [0.2, 0.25) is 15.9 Å². The average Bonchev–Trinajstić information content (AvgIpc) is 2.71. The number of likely N-dealkylation sites (tertiary alicyclic amines) is 1. The Hall–Kier alpha value is -1.12. The number of nitrogens with two attached hydrogens (primary N) is 1. The van der Waals surface area contributed by atoms with Crippen LogP contribution in [0.15, 0.2) is 22.7 Å². The van der Waals surface area contributed by atoms with Gasteiger partial charge in [-0.3, -0.25) is 4.79 Å². The predicted octanol–water partition coefficient (Wildman–Crippen LogP) is 0.847. The Balaban J connectivity index is 2.19. The maximum atomic E-state index is 11.9. The number of sulfonamides is 1. The molecule has 2 N–H and O–H groups in total. The SMILES string of the molecule is COc1ccc(Br)cc1CN1CC(S(N)(=O)=O)CC1=O. The molecule has 1 aliphatic rings. The van der Waals surface area contributed by atoms with Crippen LogP contribution in [0.1, 0.15) is 12.0 Å². The van der Waals surface area contributed by atoms with Gasteiger partial charge in [-0.1, -0.05) is 15.9 Å². The van der Waals surface area contributed by atoms with Gasteiger partial charge in [-0.15, -0.1) is 0 Å². The molecule has 110 valence electrons. The Morgan fingerprint density at radius 2 is 2.20 bits per heavy atom. The third kappa shape index (κ3) is 3.31. The molecule has 0 bridgehead atoms. The van der Waals surface area contributed by atoms with Crippen molar-refractivity contribution in [2.24, 2.45) is 5.14 Å². The average molecular weight is 363 g/mol. The van der Waals surface area contributed by atoms with Crippen LogP contribution in [0.4, 0.5) is 0 Å². The summed E-state index contributed by atoms with van der Waals surface area (Å²) in [5.74, 6) is 0.436. The van der Waals surface area contributed by atoms with Gasteiger partial charge in [0, 0.05) is 29.5 Å². The van der Waals surface area contributed by atoms with Gasteiger partial charge in [0.15, 0.2) is 0 Å². The third-order valence-electron chi connectivity index (χ3n) is 3.25. The van der Waals surface area contributed by atoms with Crippen LogP contribution < -0.4 is 9.88 Å². The summed E-state index contributed by atoms with van der Waals surface area (Å²) in [6.07, 6.45) is -0.0604. The van der Waals surface area contributed by atoms with Gasteiger partial charge >= 0.3 is 0 Å². The van der Waals surface area contributed by atoms with E-state index < -0.39 is 15.3 Å². The number of amides is 1. The molecule has 0 spiro atoms. The number of ether oxygens (including phenoxy) is 1. The molecule has 1 amide bonds. The van der Waals surface area contributed by atoms with Gasteiger partial charge in [0.25, 0.3) is 0 Å². The van der Waals surface area contributed by atoms with E-state index in [2.05, 4.69) is 15.9 Å². The zero-order valence-electron chi connectivity index (χ0n) is 10.9. The molecule has 8 heteroatoms. The number of hydrogen-bond acceptors (Lipinski definition) is 4. The Morgan fingerprint density at radius 1 is 1.50 bits per heavy atom. The second-order valence-corrected chi connectivity index (χ2v) is 7.41. The number of methoxy groups -OCH3 is 1. The zero-order valence-corrected chi connectivity index (χ0v) is 13.3. The number of hydrogen-bond donors (Lipinski definition) is 1. The molecule has 0 radical (unpaired) electrons. The van der Waals surface area contributed by atoms with Gasteiger partial charge in [0.05, 0.1) is 7.11 Å². The lowest BCUT2D eigenvalue weighted by Gasteiger charge is -2.18. The summed E-state index contributed by atoms with van der Waals surface area (Å²) >= 11 is 3.36. The monoisotopic (exact) mass is 362 g/mol. The zero-order chi connectivity index (χ0) is 14.9. The normalized spacial score (nSPS) is 19.4. The van der Waals surface area contributed by atoms with Crippen molar-refractivity contribution in [3.05, 3.63) is 28.2 Å². The van der Waals surface area contributed by atoms with E-state index in [0.29, 0.717) is 12.3 Å². The highest BCUT2D eigenvalue weighted by Crippen LogP contribution is 2.26. The molecule has 1 unspecified atom stereocenters. The Morgan fingerprint density at radius 3 is 2.75 bits per heavy atom. The van der Waals surface area contributed by atoms with Crippen LogP contribution in [0.2, 0.25) is 0 Å². The lowest BCUT2D eigenvalue weighted by atomic mass is 10.2. The molecule has 6 nitrogen and oxygen atoms in total. The minimum absolute atomic E-state index is 0.0604. The molecule has 0 aromatic heterocycles. The molecule has 1 fully saturated rings. The molecule has 1 heterocycles. The van der Waals surface area contributed by atoms with E-state index >= 15 is 0 Å². The third-order valence-corrected chi connectivity index (χ3v) is 4.99. The summed E-state index contributed by atoms with van der Waals surface area (Å²) in [7, 11) is -2.14. The molecule has 20 heavy (non-hydrogen) atoms. The van der Waals surface area contributed by atoms with Crippen LogP contribution in [-0.4, -0.2) is 38.1 Å². The van der Waals surface area contributed by atoms with E-state index in [1.54, 1.807) is 13.2 Å². The smallest absolute Gasteiger partial charge is 0.224 e. The fourth-order valence-corrected chi connectivity index (χ4v) is 3.36. The molecule has 0 aliphatic carbocycles. The van der Waals surface area contributed by atoms with Crippen molar-refractivity contribution >= 4 is 31.9 Å². The van der Waals surface area contributed by atoms with Crippen molar-refractivity contribution in [3.63, 3.8) is 0 Å². The van der Waals surface area contributed by atoms with Crippen molar-refractivity contribution in [1.29, 1.82) is 0 Å². The summed E-state index contributed by atoms with van der Waals surface area (Å²) in [6.45, 7) is 0.417. The minimum Gasteiger partial charge on any atom is -0.496 e. The van der Waals surface area contributed by atoms with Crippen molar-refractivity contribution in [2.45, 2.75) is 18.2 Å². The fourth-order valence-electron chi connectivity index (χ4n) is 2.19. The molecule has 2 rings (SSSR count). The molecular formula is C12H15BrN2O4S. The van der Waals surface area contributed by atoms with Crippen LogP contribution in [-0.2, 0) is 21.4 Å².